The van der Waals surface area contributed by atoms with Crippen molar-refractivity contribution in [1.29, 1.82) is 5.26 Å². The lowest BCUT2D eigenvalue weighted by molar-refractivity contribution is -0.144. The number of rotatable bonds is 2. The third-order valence-electron chi connectivity index (χ3n) is 3.93. The number of nitrogens with zero attached hydrogens (tertiary/aromatic N) is 2. The summed E-state index contributed by atoms with van der Waals surface area (Å²) in [5, 5.41) is 16.5. The topological polar surface area (TPSA) is 114 Å². The van der Waals surface area contributed by atoms with Gasteiger partial charge < -0.3 is 15.2 Å². The number of nitrogens with one attached hydrogen (secondary N) is 1. The molecule has 0 spiro atoms. The van der Waals surface area contributed by atoms with Gasteiger partial charge in [-0.25, -0.2) is 0 Å². The number of carbonyl (C=O) groups excluding carboxylic acids is 1. The molecule has 0 saturated heterocycles. The maximum absolute atomic E-state index is 12.9. The lowest BCUT2D eigenvalue weighted by atomic mass is 9.68. The summed E-state index contributed by atoms with van der Waals surface area (Å²) in [5.74, 6) is -0.633. The highest BCUT2D eigenvalue weighted by molar-refractivity contribution is 5.95. The van der Waals surface area contributed by atoms with Crippen LogP contribution in [0.4, 0.5) is 0 Å². The van der Waals surface area contributed by atoms with Gasteiger partial charge in [0.2, 0.25) is 11.8 Å². The molecule has 1 atom stereocenters. The smallest absolute Gasteiger partial charge is 0.326 e. The van der Waals surface area contributed by atoms with Crippen LogP contribution in [0.15, 0.2) is 41.8 Å². The van der Waals surface area contributed by atoms with Crippen molar-refractivity contribution < 1.29 is 14.3 Å². The number of hydrogen-bond donors (Lipinski definition) is 2. The van der Waals surface area contributed by atoms with Crippen LogP contribution in [0.25, 0.3) is 0 Å². The summed E-state index contributed by atoms with van der Waals surface area (Å²) >= 11 is 0. The average molecular weight is 310 g/mol. The summed E-state index contributed by atoms with van der Waals surface area (Å²) in [6, 6.07) is 10.8. The molecule has 1 aromatic heterocycles. The Morgan fingerprint density at radius 2 is 2.13 bits per heavy atom. The number of nitriles is 1. The summed E-state index contributed by atoms with van der Waals surface area (Å²) in [6.07, 6.45) is 0. The van der Waals surface area contributed by atoms with Gasteiger partial charge in [0.1, 0.15) is 11.6 Å². The molecule has 7 heteroatoms. The van der Waals surface area contributed by atoms with E-state index in [-0.39, 0.29) is 17.3 Å². The van der Waals surface area contributed by atoms with E-state index in [1.807, 2.05) is 12.1 Å². The van der Waals surface area contributed by atoms with Crippen molar-refractivity contribution in [3.8, 4) is 11.9 Å². The number of carbonyl (C=O) groups is 1. The molecule has 0 aliphatic carbocycles. The predicted molar refractivity (Wildman–Crippen MR) is 80.0 cm³/mol. The van der Waals surface area contributed by atoms with Gasteiger partial charge in [-0.15, -0.1) is 5.10 Å². The number of aromatic nitrogens is 2. The molecule has 1 aromatic carbocycles. The Morgan fingerprint density at radius 3 is 2.74 bits per heavy atom. The highest BCUT2D eigenvalue weighted by Crippen LogP contribution is 2.48. The molecule has 0 radical (unpaired) electrons. The molecule has 7 nitrogen and oxygen atoms in total. The molecule has 23 heavy (non-hydrogen) atoms. The molecule has 1 aliphatic heterocycles. The van der Waals surface area contributed by atoms with Crippen LogP contribution in [0.2, 0.25) is 0 Å². The Morgan fingerprint density at radius 1 is 1.43 bits per heavy atom. The summed E-state index contributed by atoms with van der Waals surface area (Å²) in [6.45, 7) is 1.74. The van der Waals surface area contributed by atoms with Gasteiger partial charge in [-0.1, -0.05) is 30.3 Å². The van der Waals surface area contributed by atoms with Crippen molar-refractivity contribution in [2.24, 2.45) is 5.73 Å². The van der Waals surface area contributed by atoms with E-state index in [0.717, 1.165) is 0 Å². The zero-order valence-electron chi connectivity index (χ0n) is 12.6. The van der Waals surface area contributed by atoms with E-state index in [4.69, 9.17) is 15.2 Å². The van der Waals surface area contributed by atoms with Crippen LogP contribution in [-0.4, -0.2) is 23.3 Å². The van der Waals surface area contributed by atoms with Crippen molar-refractivity contribution in [2.75, 3.05) is 7.11 Å². The Labute approximate surface area is 132 Å². The van der Waals surface area contributed by atoms with Crippen molar-refractivity contribution >= 4 is 5.97 Å². The van der Waals surface area contributed by atoms with Crippen LogP contribution in [0.5, 0.6) is 5.88 Å². The second-order valence-electron chi connectivity index (χ2n) is 5.09. The third kappa shape index (κ3) is 1.82. The fourth-order valence-corrected chi connectivity index (χ4v) is 2.98. The molecule has 0 saturated carbocycles. The molecule has 3 N–H and O–H groups in total. The van der Waals surface area contributed by atoms with Gasteiger partial charge in [0.25, 0.3) is 0 Å². The first-order valence-electron chi connectivity index (χ1n) is 6.84. The molecule has 3 rings (SSSR count). The number of H-pyrrole nitrogens is 1. The van der Waals surface area contributed by atoms with Gasteiger partial charge in [-0.05, 0) is 12.5 Å². The van der Waals surface area contributed by atoms with Gasteiger partial charge in [-0.3, -0.25) is 9.89 Å². The Bertz CT molecular complexity index is 848. The van der Waals surface area contributed by atoms with Crippen LogP contribution in [0, 0.1) is 18.3 Å². The van der Waals surface area contributed by atoms with Crippen LogP contribution in [-0.2, 0) is 14.9 Å². The van der Waals surface area contributed by atoms with Gasteiger partial charge in [0.05, 0.1) is 12.7 Å². The largest absolute Gasteiger partial charge is 0.468 e. The molecule has 0 amide bonds. The van der Waals surface area contributed by atoms with Gasteiger partial charge in [0.15, 0.2) is 5.41 Å². The second kappa shape index (κ2) is 5.18. The second-order valence-corrected chi connectivity index (χ2v) is 5.09. The fourth-order valence-electron chi connectivity index (χ4n) is 2.98. The van der Waals surface area contributed by atoms with E-state index in [1.54, 1.807) is 31.2 Å². The van der Waals surface area contributed by atoms with Crippen LogP contribution in [0.3, 0.4) is 0 Å². The number of esters is 1. The van der Waals surface area contributed by atoms with E-state index in [2.05, 4.69) is 10.2 Å². The quantitative estimate of drug-likeness (QED) is 0.807. The number of methoxy groups -OCH3 is 1. The zero-order chi connectivity index (χ0) is 16.6. The van der Waals surface area contributed by atoms with E-state index < -0.39 is 11.4 Å². The SMILES string of the molecule is COC(=O)C1(c2ccccc2)C(C#N)=C(N)Oc2n[nH]c(C)c21. The number of ether oxygens (including phenoxy) is 2. The molecular formula is C16H14N4O3. The van der Waals surface area contributed by atoms with E-state index >= 15 is 0 Å². The normalized spacial score (nSPS) is 19.5. The Kier molecular flexibility index (Phi) is 3.30. The number of aryl methyl sites for hydroxylation is 1. The number of benzene rings is 1. The summed E-state index contributed by atoms with van der Waals surface area (Å²) in [5.41, 5.74) is 5.94. The predicted octanol–water partition coefficient (Wildman–Crippen LogP) is 1.26. The van der Waals surface area contributed by atoms with Gasteiger partial charge >= 0.3 is 5.97 Å². The van der Waals surface area contributed by atoms with Crippen LogP contribution < -0.4 is 10.5 Å². The average Bonchev–Trinajstić information content (AvgIpc) is 2.94. The number of aromatic amines is 1. The molecule has 1 unspecified atom stereocenters. The van der Waals surface area contributed by atoms with E-state index in [9.17, 15) is 10.1 Å². The minimum absolute atomic E-state index is 0.0208. The zero-order valence-corrected chi connectivity index (χ0v) is 12.6. The molecular weight excluding hydrogens is 296 g/mol. The molecule has 116 valence electrons. The molecule has 2 aromatic rings. The van der Waals surface area contributed by atoms with Crippen LogP contribution >= 0.6 is 0 Å². The standard InChI is InChI=1S/C16H14N4O3/c1-9-12-14(20-19-9)23-13(18)11(8-17)16(12,15(21)22-2)10-6-4-3-5-7-10/h3-7H,18H2,1-2H3,(H,19,20). The number of fused-ring (bicyclic) bond motifs is 1. The van der Waals surface area contributed by atoms with Gasteiger partial charge in [-0.2, -0.15) is 5.26 Å². The van der Waals surface area contributed by atoms with Gasteiger partial charge in [0, 0.05) is 5.69 Å². The summed E-state index contributed by atoms with van der Waals surface area (Å²) in [4.78, 5) is 12.9. The monoisotopic (exact) mass is 310 g/mol. The van der Waals surface area contributed by atoms with Crippen molar-refractivity contribution in [2.45, 2.75) is 12.3 Å². The molecule has 2 heterocycles. The van der Waals surface area contributed by atoms with Crippen LogP contribution in [0.1, 0.15) is 16.8 Å². The maximum atomic E-state index is 12.9. The van der Waals surface area contributed by atoms with E-state index in [0.29, 0.717) is 16.8 Å². The first-order chi connectivity index (χ1) is 11.1. The highest BCUT2D eigenvalue weighted by atomic mass is 16.5. The fraction of sp³-hybridized carbons (Fsp3) is 0.188. The minimum Gasteiger partial charge on any atom is -0.468 e. The van der Waals surface area contributed by atoms with Crippen molar-refractivity contribution in [1.82, 2.24) is 10.2 Å². The first kappa shape index (κ1) is 14.7. The Hall–Kier alpha value is -3.27. The third-order valence-corrected chi connectivity index (χ3v) is 3.93. The first-order valence-corrected chi connectivity index (χ1v) is 6.84. The molecule has 0 bridgehead atoms. The molecule has 1 aliphatic rings. The summed E-state index contributed by atoms with van der Waals surface area (Å²) < 4.78 is 10.4. The minimum atomic E-state index is -1.51. The Balaban J connectivity index is 2.48. The van der Waals surface area contributed by atoms with E-state index in [1.165, 1.54) is 7.11 Å². The van der Waals surface area contributed by atoms with Crippen molar-refractivity contribution in [3.63, 3.8) is 0 Å². The highest BCUT2D eigenvalue weighted by Gasteiger charge is 2.55. The number of hydrogen-bond acceptors (Lipinski definition) is 6. The summed E-state index contributed by atoms with van der Waals surface area (Å²) in [7, 11) is 1.27. The number of nitrogens with two attached hydrogens (primary N) is 1. The lowest BCUT2D eigenvalue weighted by Gasteiger charge is -2.34. The van der Waals surface area contributed by atoms with Crippen molar-refractivity contribution in [3.05, 3.63) is 58.6 Å². The lowest BCUT2D eigenvalue weighted by Crippen LogP contribution is -2.44. The molecule has 0 fully saturated rings. The maximum Gasteiger partial charge on any atom is 0.326 e.